The maximum Gasteiger partial charge on any atom is 0.405 e. The quantitative estimate of drug-likeness (QED) is 0.753. The molecule has 2 amide bonds. The Labute approximate surface area is 126 Å². The van der Waals surface area contributed by atoms with Crippen LogP contribution in [0.4, 0.5) is 18.0 Å². The highest BCUT2D eigenvalue weighted by Gasteiger charge is 2.27. The van der Waals surface area contributed by atoms with Crippen LogP contribution in [0.15, 0.2) is 24.3 Å². The van der Waals surface area contributed by atoms with E-state index in [4.69, 9.17) is 4.74 Å². The molecule has 1 atom stereocenters. The summed E-state index contributed by atoms with van der Waals surface area (Å²) in [4.78, 5) is 11.1. The summed E-state index contributed by atoms with van der Waals surface area (Å²) < 4.78 is 41.2. The van der Waals surface area contributed by atoms with E-state index < -0.39 is 24.9 Å². The molecular formula is C14H19F3N2O3. The van der Waals surface area contributed by atoms with Gasteiger partial charge in [-0.25, -0.2) is 4.79 Å². The zero-order valence-corrected chi connectivity index (χ0v) is 12.3. The standard InChI is InChI=1S/C14H19F3N2O3/c1-9(2)22-11-5-3-10(4-6-11)12(20)7-18-13(21)19-8-14(15,16)17/h3-6,9,12,20H,7-8H2,1-2H3,(H2,18,19,21). The number of amides is 2. The Balaban J connectivity index is 2.41. The summed E-state index contributed by atoms with van der Waals surface area (Å²) in [7, 11) is 0. The lowest BCUT2D eigenvalue weighted by Crippen LogP contribution is -2.42. The molecule has 3 N–H and O–H groups in total. The topological polar surface area (TPSA) is 70.6 Å². The number of benzene rings is 1. The van der Waals surface area contributed by atoms with Gasteiger partial charge in [0.05, 0.1) is 12.2 Å². The van der Waals surface area contributed by atoms with E-state index in [1.807, 2.05) is 13.8 Å². The molecule has 0 aliphatic heterocycles. The van der Waals surface area contributed by atoms with Gasteiger partial charge in [-0.15, -0.1) is 0 Å². The number of rotatable bonds is 6. The molecule has 1 aromatic carbocycles. The van der Waals surface area contributed by atoms with Crippen molar-refractivity contribution in [2.75, 3.05) is 13.1 Å². The molecule has 1 rings (SSSR count). The predicted molar refractivity (Wildman–Crippen MR) is 74.6 cm³/mol. The fraction of sp³-hybridized carbons (Fsp3) is 0.500. The molecular weight excluding hydrogens is 301 g/mol. The Morgan fingerprint density at radius 3 is 2.32 bits per heavy atom. The molecule has 0 heterocycles. The number of hydrogen-bond donors (Lipinski definition) is 3. The highest BCUT2D eigenvalue weighted by atomic mass is 19.4. The van der Waals surface area contributed by atoms with Gasteiger partial charge in [0, 0.05) is 6.54 Å². The summed E-state index contributed by atoms with van der Waals surface area (Å²) >= 11 is 0. The smallest absolute Gasteiger partial charge is 0.405 e. The summed E-state index contributed by atoms with van der Waals surface area (Å²) in [6, 6.07) is 5.59. The first-order chi connectivity index (χ1) is 10.2. The molecule has 124 valence electrons. The maximum atomic E-state index is 11.9. The second kappa shape index (κ2) is 7.88. The van der Waals surface area contributed by atoms with E-state index in [1.54, 1.807) is 29.6 Å². The molecule has 0 aliphatic rings. The van der Waals surface area contributed by atoms with E-state index in [1.165, 1.54) is 0 Å². The number of halogens is 3. The van der Waals surface area contributed by atoms with Crippen LogP contribution in [0.2, 0.25) is 0 Å². The van der Waals surface area contributed by atoms with Crippen LogP contribution in [0.25, 0.3) is 0 Å². The largest absolute Gasteiger partial charge is 0.491 e. The van der Waals surface area contributed by atoms with Crippen molar-refractivity contribution >= 4 is 6.03 Å². The number of ether oxygens (including phenoxy) is 1. The number of aliphatic hydroxyl groups is 1. The summed E-state index contributed by atoms with van der Waals surface area (Å²) in [6.07, 6.45) is -5.47. The van der Waals surface area contributed by atoms with Crippen LogP contribution < -0.4 is 15.4 Å². The second-order valence-corrected chi connectivity index (χ2v) is 4.93. The third-order valence-electron chi connectivity index (χ3n) is 2.54. The van der Waals surface area contributed by atoms with Gasteiger partial charge in [-0.1, -0.05) is 12.1 Å². The molecule has 5 nitrogen and oxygen atoms in total. The number of carbonyl (C=O) groups is 1. The normalized spacial score (nSPS) is 12.9. The Bertz CT molecular complexity index is 475. The molecule has 0 saturated carbocycles. The van der Waals surface area contributed by atoms with E-state index in [0.29, 0.717) is 11.3 Å². The second-order valence-electron chi connectivity index (χ2n) is 4.93. The zero-order valence-electron chi connectivity index (χ0n) is 12.3. The highest BCUT2D eigenvalue weighted by Crippen LogP contribution is 2.18. The fourth-order valence-electron chi connectivity index (χ4n) is 1.59. The fourth-order valence-corrected chi connectivity index (χ4v) is 1.59. The Kier molecular flexibility index (Phi) is 6.48. The summed E-state index contributed by atoms with van der Waals surface area (Å²) in [5.41, 5.74) is 0.521. The van der Waals surface area contributed by atoms with Crippen molar-refractivity contribution in [3.63, 3.8) is 0 Å². The zero-order chi connectivity index (χ0) is 16.8. The van der Waals surface area contributed by atoms with Gasteiger partial charge in [0.1, 0.15) is 12.3 Å². The lowest BCUT2D eigenvalue weighted by Gasteiger charge is -2.15. The molecule has 1 aromatic rings. The molecule has 0 spiro atoms. The highest BCUT2D eigenvalue weighted by molar-refractivity contribution is 5.73. The number of nitrogens with one attached hydrogen (secondary N) is 2. The molecule has 0 aromatic heterocycles. The van der Waals surface area contributed by atoms with Crippen molar-refractivity contribution in [2.24, 2.45) is 0 Å². The first-order valence-corrected chi connectivity index (χ1v) is 6.70. The van der Waals surface area contributed by atoms with Gasteiger partial charge in [0.2, 0.25) is 0 Å². The SMILES string of the molecule is CC(C)Oc1ccc(C(O)CNC(=O)NCC(F)(F)F)cc1. The van der Waals surface area contributed by atoms with Gasteiger partial charge in [-0.2, -0.15) is 13.2 Å². The first-order valence-electron chi connectivity index (χ1n) is 6.70. The molecule has 0 fully saturated rings. The van der Waals surface area contributed by atoms with Gasteiger partial charge < -0.3 is 20.5 Å². The van der Waals surface area contributed by atoms with E-state index in [2.05, 4.69) is 5.32 Å². The van der Waals surface area contributed by atoms with E-state index >= 15 is 0 Å². The van der Waals surface area contributed by atoms with Crippen LogP contribution in [0.1, 0.15) is 25.5 Å². The number of alkyl halides is 3. The van der Waals surface area contributed by atoms with Crippen LogP contribution in [-0.4, -0.2) is 36.5 Å². The lowest BCUT2D eigenvalue weighted by atomic mass is 10.1. The van der Waals surface area contributed by atoms with Crippen molar-refractivity contribution in [1.82, 2.24) is 10.6 Å². The summed E-state index contributed by atoms with van der Waals surface area (Å²) in [5, 5.41) is 13.7. The van der Waals surface area contributed by atoms with Crippen molar-refractivity contribution in [3.8, 4) is 5.75 Å². The van der Waals surface area contributed by atoms with Gasteiger partial charge >= 0.3 is 12.2 Å². The van der Waals surface area contributed by atoms with Crippen molar-refractivity contribution in [2.45, 2.75) is 32.2 Å². The number of urea groups is 1. The van der Waals surface area contributed by atoms with Gasteiger partial charge in [-0.05, 0) is 31.5 Å². The predicted octanol–water partition coefficient (Wildman–Crippen LogP) is 2.37. The Morgan fingerprint density at radius 1 is 1.23 bits per heavy atom. The van der Waals surface area contributed by atoms with Crippen LogP contribution >= 0.6 is 0 Å². The van der Waals surface area contributed by atoms with E-state index in [9.17, 15) is 23.1 Å². The van der Waals surface area contributed by atoms with Crippen LogP contribution in [0.3, 0.4) is 0 Å². The Hall–Kier alpha value is -1.96. The lowest BCUT2D eigenvalue weighted by molar-refractivity contribution is -0.122. The van der Waals surface area contributed by atoms with Crippen molar-refractivity contribution < 1.29 is 27.8 Å². The number of aliphatic hydroxyl groups excluding tert-OH is 1. The maximum absolute atomic E-state index is 11.9. The molecule has 8 heteroatoms. The summed E-state index contributed by atoms with van der Waals surface area (Å²) in [5.74, 6) is 0.641. The van der Waals surface area contributed by atoms with Gasteiger partial charge in [0.15, 0.2) is 0 Å². The average Bonchev–Trinajstić information content (AvgIpc) is 2.42. The molecule has 0 radical (unpaired) electrons. The third-order valence-corrected chi connectivity index (χ3v) is 2.54. The minimum Gasteiger partial charge on any atom is -0.491 e. The van der Waals surface area contributed by atoms with E-state index in [-0.39, 0.29) is 12.6 Å². The van der Waals surface area contributed by atoms with Crippen LogP contribution in [0, 0.1) is 0 Å². The molecule has 22 heavy (non-hydrogen) atoms. The van der Waals surface area contributed by atoms with Crippen molar-refractivity contribution in [1.29, 1.82) is 0 Å². The van der Waals surface area contributed by atoms with Gasteiger partial charge in [-0.3, -0.25) is 0 Å². The number of carbonyl (C=O) groups excluding carboxylic acids is 1. The molecule has 0 aliphatic carbocycles. The minimum absolute atomic E-state index is 0.0229. The average molecular weight is 320 g/mol. The monoisotopic (exact) mass is 320 g/mol. The van der Waals surface area contributed by atoms with Crippen LogP contribution in [0.5, 0.6) is 5.75 Å². The molecule has 0 bridgehead atoms. The van der Waals surface area contributed by atoms with Gasteiger partial charge in [0.25, 0.3) is 0 Å². The molecule has 1 unspecified atom stereocenters. The first kappa shape index (κ1) is 18.1. The molecule has 0 saturated heterocycles. The Morgan fingerprint density at radius 2 is 1.82 bits per heavy atom. The van der Waals surface area contributed by atoms with E-state index in [0.717, 1.165) is 0 Å². The minimum atomic E-state index is -4.47. The summed E-state index contributed by atoms with van der Waals surface area (Å²) in [6.45, 7) is 2.14. The number of hydrogen-bond acceptors (Lipinski definition) is 3. The third kappa shape index (κ3) is 7.16. The van der Waals surface area contributed by atoms with Crippen LogP contribution in [-0.2, 0) is 0 Å². The van der Waals surface area contributed by atoms with Crippen molar-refractivity contribution in [3.05, 3.63) is 29.8 Å².